The number of benzene rings is 1. The molecule has 0 fully saturated rings. The molecule has 0 amide bonds. The Morgan fingerprint density at radius 3 is 2.45 bits per heavy atom. The van der Waals surface area contributed by atoms with Crippen LogP contribution in [0.2, 0.25) is 0 Å². The van der Waals surface area contributed by atoms with Crippen molar-refractivity contribution in [1.82, 2.24) is 0 Å². The molecule has 0 saturated heterocycles. The third-order valence-corrected chi connectivity index (χ3v) is 2.19. The van der Waals surface area contributed by atoms with Gasteiger partial charge >= 0.3 is 0 Å². The van der Waals surface area contributed by atoms with Crippen molar-refractivity contribution in [3.8, 4) is 5.75 Å². The van der Waals surface area contributed by atoms with Gasteiger partial charge in [0.15, 0.2) is 0 Å². The van der Waals surface area contributed by atoms with Crippen LogP contribution in [0.3, 0.4) is 0 Å². The summed E-state index contributed by atoms with van der Waals surface area (Å²) in [4.78, 5) is 0. The number of rotatable bonds is 1. The van der Waals surface area contributed by atoms with E-state index in [1.165, 1.54) is 5.56 Å². The molecular formula is C9H13OP. The molecule has 0 aromatic heterocycles. The molecule has 1 nitrogen and oxygen atoms in total. The molecule has 0 aliphatic carbocycles. The minimum absolute atomic E-state index is 0.333. The molecule has 60 valence electrons. The van der Waals surface area contributed by atoms with Crippen molar-refractivity contribution in [2.24, 2.45) is 0 Å². The predicted octanol–water partition coefficient (Wildman–Crippen LogP) is 2.02. The van der Waals surface area contributed by atoms with Crippen LogP contribution in [-0.4, -0.2) is 5.11 Å². The van der Waals surface area contributed by atoms with Crippen LogP contribution >= 0.6 is 9.24 Å². The van der Waals surface area contributed by atoms with Crippen molar-refractivity contribution in [3.05, 3.63) is 23.8 Å². The molecule has 0 aliphatic rings. The Balaban J connectivity index is 3.09. The summed E-state index contributed by atoms with van der Waals surface area (Å²) in [6.07, 6.45) is 0. The van der Waals surface area contributed by atoms with Gasteiger partial charge in [-0.2, -0.15) is 0 Å². The van der Waals surface area contributed by atoms with Crippen LogP contribution in [0.1, 0.15) is 25.3 Å². The van der Waals surface area contributed by atoms with Gasteiger partial charge in [-0.15, -0.1) is 9.24 Å². The van der Waals surface area contributed by atoms with E-state index in [0.29, 0.717) is 11.7 Å². The number of phenols is 1. The van der Waals surface area contributed by atoms with Gasteiger partial charge in [0.05, 0.1) is 0 Å². The zero-order valence-corrected chi connectivity index (χ0v) is 7.99. The van der Waals surface area contributed by atoms with Crippen LogP contribution in [0.15, 0.2) is 18.2 Å². The van der Waals surface area contributed by atoms with Crippen molar-refractivity contribution in [2.45, 2.75) is 19.8 Å². The first-order valence-electron chi connectivity index (χ1n) is 3.69. The van der Waals surface area contributed by atoms with Crippen LogP contribution in [-0.2, 0) is 0 Å². The number of phenolic OH excluding ortho intramolecular Hbond substituents is 1. The normalized spacial score (nSPS) is 10.5. The third kappa shape index (κ3) is 1.94. The van der Waals surface area contributed by atoms with Crippen molar-refractivity contribution >= 4 is 14.5 Å². The summed E-state index contributed by atoms with van der Waals surface area (Å²) in [5.41, 5.74) is 1.27. The van der Waals surface area contributed by atoms with Gasteiger partial charge in [-0.05, 0) is 28.9 Å². The Kier molecular flexibility index (Phi) is 2.51. The van der Waals surface area contributed by atoms with Crippen LogP contribution in [0, 0.1) is 0 Å². The minimum Gasteiger partial charge on any atom is -0.508 e. The summed E-state index contributed by atoms with van der Waals surface area (Å²) in [7, 11) is 2.63. The topological polar surface area (TPSA) is 20.2 Å². The quantitative estimate of drug-likeness (QED) is 0.636. The number of hydrogen-bond acceptors (Lipinski definition) is 1. The molecule has 1 aromatic carbocycles. The zero-order chi connectivity index (χ0) is 8.43. The Morgan fingerprint density at radius 2 is 2.00 bits per heavy atom. The minimum atomic E-state index is 0.333. The van der Waals surface area contributed by atoms with E-state index in [4.69, 9.17) is 5.11 Å². The summed E-state index contributed by atoms with van der Waals surface area (Å²) in [6, 6.07) is 5.45. The van der Waals surface area contributed by atoms with Crippen molar-refractivity contribution in [1.29, 1.82) is 0 Å². The molecule has 0 radical (unpaired) electrons. The van der Waals surface area contributed by atoms with Gasteiger partial charge in [-0.1, -0.05) is 19.9 Å². The van der Waals surface area contributed by atoms with E-state index in [2.05, 4.69) is 23.1 Å². The summed E-state index contributed by atoms with van der Waals surface area (Å²) >= 11 is 0. The second kappa shape index (κ2) is 3.23. The van der Waals surface area contributed by atoms with Gasteiger partial charge in [0.1, 0.15) is 5.75 Å². The average Bonchev–Trinajstić information content (AvgIpc) is 1.85. The summed E-state index contributed by atoms with van der Waals surface area (Å²) in [5.74, 6) is 0.850. The van der Waals surface area contributed by atoms with E-state index in [0.717, 1.165) is 5.30 Å². The fourth-order valence-corrected chi connectivity index (χ4v) is 1.69. The van der Waals surface area contributed by atoms with Gasteiger partial charge in [-0.3, -0.25) is 0 Å². The molecule has 1 atom stereocenters. The lowest BCUT2D eigenvalue weighted by molar-refractivity contribution is 0.475. The lowest BCUT2D eigenvalue weighted by atomic mass is 10.0. The van der Waals surface area contributed by atoms with E-state index >= 15 is 0 Å². The number of hydrogen-bond donors (Lipinski definition) is 1. The van der Waals surface area contributed by atoms with Crippen molar-refractivity contribution in [2.75, 3.05) is 0 Å². The molecule has 2 heteroatoms. The Hall–Kier alpha value is -0.550. The van der Waals surface area contributed by atoms with Gasteiger partial charge in [0, 0.05) is 0 Å². The Morgan fingerprint density at radius 1 is 1.36 bits per heavy atom. The first-order valence-corrected chi connectivity index (χ1v) is 4.27. The fraction of sp³-hybridized carbons (Fsp3) is 0.333. The van der Waals surface area contributed by atoms with Crippen molar-refractivity contribution < 1.29 is 5.11 Å². The molecule has 0 aliphatic heterocycles. The highest BCUT2D eigenvalue weighted by Gasteiger charge is 2.02. The maximum absolute atomic E-state index is 9.11. The molecule has 11 heavy (non-hydrogen) atoms. The van der Waals surface area contributed by atoms with Crippen LogP contribution in [0.5, 0.6) is 5.75 Å². The molecule has 1 N–H and O–H groups in total. The third-order valence-electron chi connectivity index (χ3n) is 1.69. The Bertz CT molecular complexity index is 256. The highest BCUT2D eigenvalue weighted by atomic mass is 31.0. The maximum Gasteiger partial charge on any atom is 0.116 e. The second-order valence-electron chi connectivity index (χ2n) is 2.97. The van der Waals surface area contributed by atoms with Crippen LogP contribution in [0.25, 0.3) is 0 Å². The van der Waals surface area contributed by atoms with E-state index < -0.39 is 0 Å². The van der Waals surface area contributed by atoms with E-state index in [1.807, 2.05) is 6.07 Å². The van der Waals surface area contributed by atoms with Crippen LogP contribution in [0.4, 0.5) is 0 Å². The largest absolute Gasteiger partial charge is 0.508 e. The van der Waals surface area contributed by atoms with E-state index in [9.17, 15) is 0 Å². The molecule has 1 unspecified atom stereocenters. The second-order valence-corrected chi connectivity index (χ2v) is 3.59. The van der Waals surface area contributed by atoms with Gasteiger partial charge in [-0.25, -0.2) is 0 Å². The molecule has 0 bridgehead atoms. The lowest BCUT2D eigenvalue weighted by Gasteiger charge is -2.08. The van der Waals surface area contributed by atoms with Crippen molar-refractivity contribution in [3.63, 3.8) is 0 Å². The smallest absolute Gasteiger partial charge is 0.116 e. The molecule has 0 heterocycles. The SMILES string of the molecule is CC(C)c1ccc(O)cc1P. The zero-order valence-electron chi connectivity index (χ0n) is 6.83. The van der Waals surface area contributed by atoms with Gasteiger partial charge < -0.3 is 5.11 Å². The standard InChI is InChI=1S/C9H13OP/c1-6(2)8-4-3-7(10)5-9(8)11/h3-6,10H,11H2,1-2H3. The van der Waals surface area contributed by atoms with E-state index in [1.54, 1.807) is 12.1 Å². The monoisotopic (exact) mass is 168 g/mol. The highest BCUT2D eigenvalue weighted by molar-refractivity contribution is 7.27. The average molecular weight is 168 g/mol. The van der Waals surface area contributed by atoms with E-state index in [-0.39, 0.29) is 0 Å². The Labute approximate surface area is 69.7 Å². The fourth-order valence-electron chi connectivity index (χ4n) is 1.09. The van der Waals surface area contributed by atoms with Gasteiger partial charge in [0.2, 0.25) is 0 Å². The summed E-state index contributed by atoms with van der Waals surface area (Å²) in [5, 5.41) is 10.2. The molecular weight excluding hydrogens is 155 g/mol. The first kappa shape index (κ1) is 8.55. The number of aromatic hydroxyl groups is 1. The molecule has 0 spiro atoms. The summed E-state index contributed by atoms with van der Waals surface area (Å²) in [6.45, 7) is 4.28. The predicted molar refractivity (Wildman–Crippen MR) is 51.5 cm³/mol. The first-order chi connectivity index (χ1) is 5.11. The molecule has 0 saturated carbocycles. The molecule has 1 rings (SSSR count). The lowest BCUT2D eigenvalue weighted by Crippen LogP contribution is -2.02. The maximum atomic E-state index is 9.11. The highest BCUT2D eigenvalue weighted by Crippen LogP contribution is 2.17. The molecule has 1 aromatic rings. The van der Waals surface area contributed by atoms with Crippen LogP contribution < -0.4 is 5.30 Å². The summed E-state index contributed by atoms with van der Waals surface area (Å²) < 4.78 is 0. The van der Waals surface area contributed by atoms with Gasteiger partial charge in [0.25, 0.3) is 0 Å².